The lowest BCUT2D eigenvalue weighted by atomic mass is 10.1. The van der Waals surface area contributed by atoms with Gasteiger partial charge in [0.2, 0.25) is 5.91 Å². The molecular formula is C18H16FN3O2S. The van der Waals surface area contributed by atoms with Gasteiger partial charge in [-0.3, -0.25) is 9.59 Å². The Morgan fingerprint density at radius 1 is 1.08 bits per heavy atom. The molecule has 0 aliphatic carbocycles. The van der Waals surface area contributed by atoms with Crippen molar-refractivity contribution in [2.75, 3.05) is 13.1 Å². The molecule has 2 N–H and O–H groups in total. The first-order valence-electron chi connectivity index (χ1n) is 7.72. The number of nitrogens with zero attached hydrogens (tertiary/aromatic N) is 1. The summed E-state index contributed by atoms with van der Waals surface area (Å²) >= 11 is 1.41. The van der Waals surface area contributed by atoms with Crippen LogP contribution in [-0.4, -0.2) is 29.9 Å². The van der Waals surface area contributed by atoms with Crippen molar-refractivity contribution >= 4 is 33.4 Å². The number of rotatable bonds is 5. The molecule has 25 heavy (non-hydrogen) atoms. The Bertz CT molecular complexity index is 922. The molecule has 0 unspecified atom stereocenters. The summed E-state index contributed by atoms with van der Waals surface area (Å²) in [5.74, 6) is -0.619. The molecule has 0 bridgehead atoms. The van der Waals surface area contributed by atoms with Crippen molar-refractivity contribution < 1.29 is 14.0 Å². The zero-order chi connectivity index (χ0) is 17.8. The topological polar surface area (TPSA) is 71.1 Å². The molecule has 0 spiro atoms. The minimum Gasteiger partial charge on any atom is -0.355 e. The molecule has 3 rings (SSSR count). The summed E-state index contributed by atoms with van der Waals surface area (Å²) < 4.78 is 14.1. The van der Waals surface area contributed by atoms with E-state index in [2.05, 4.69) is 15.6 Å². The minimum absolute atomic E-state index is 0.130. The van der Waals surface area contributed by atoms with E-state index in [0.717, 1.165) is 20.8 Å². The van der Waals surface area contributed by atoms with Crippen LogP contribution in [0.25, 0.3) is 20.8 Å². The number of fused-ring (bicyclic) bond motifs is 1. The van der Waals surface area contributed by atoms with Gasteiger partial charge >= 0.3 is 0 Å². The number of amides is 2. The first-order valence-corrected chi connectivity index (χ1v) is 8.54. The molecule has 0 saturated carbocycles. The number of hydrogen-bond donors (Lipinski definition) is 2. The van der Waals surface area contributed by atoms with Gasteiger partial charge < -0.3 is 10.6 Å². The first-order chi connectivity index (χ1) is 12.0. The van der Waals surface area contributed by atoms with Crippen molar-refractivity contribution in [3.63, 3.8) is 0 Å². The lowest BCUT2D eigenvalue weighted by molar-refractivity contribution is -0.118. The van der Waals surface area contributed by atoms with Crippen LogP contribution < -0.4 is 10.6 Å². The highest BCUT2D eigenvalue weighted by Crippen LogP contribution is 2.30. The summed E-state index contributed by atoms with van der Waals surface area (Å²) in [7, 11) is 0. The van der Waals surface area contributed by atoms with E-state index < -0.39 is 0 Å². The summed E-state index contributed by atoms with van der Waals surface area (Å²) in [5.41, 5.74) is 2.15. The summed E-state index contributed by atoms with van der Waals surface area (Å²) in [6.07, 6.45) is 0. The second-order valence-electron chi connectivity index (χ2n) is 5.45. The number of thiazole rings is 1. The van der Waals surface area contributed by atoms with Crippen LogP contribution in [0, 0.1) is 5.82 Å². The number of nitrogens with one attached hydrogen (secondary N) is 2. The highest BCUT2D eigenvalue weighted by Gasteiger charge is 2.09. The van der Waals surface area contributed by atoms with Gasteiger partial charge in [0, 0.05) is 31.1 Å². The monoisotopic (exact) mass is 357 g/mol. The zero-order valence-electron chi connectivity index (χ0n) is 13.5. The van der Waals surface area contributed by atoms with E-state index in [1.54, 1.807) is 18.2 Å². The quantitative estimate of drug-likeness (QED) is 0.690. The van der Waals surface area contributed by atoms with Crippen molar-refractivity contribution in [3.8, 4) is 10.6 Å². The maximum Gasteiger partial charge on any atom is 0.251 e. The zero-order valence-corrected chi connectivity index (χ0v) is 14.3. The molecule has 3 aromatic rings. The van der Waals surface area contributed by atoms with E-state index in [0.29, 0.717) is 18.7 Å². The number of benzene rings is 2. The van der Waals surface area contributed by atoms with Crippen molar-refractivity contribution in [3.05, 3.63) is 53.8 Å². The van der Waals surface area contributed by atoms with Crippen LogP contribution in [0.3, 0.4) is 0 Å². The molecule has 0 atom stereocenters. The highest BCUT2D eigenvalue weighted by atomic mass is 32.1. The van der Waals surface area contributed by atoms with Gasteiger partial charge in [-0.2, -0.15) is 0 Å². The predicted octanol–water partition coefficient (Wildman–Crippen LogP) is 2.97. The van der Waals surface area contributed by atoms with Crippen LogP contribution >= 0.6 is 11.3 Å². The average Bonchev–Trinajstić information content (AvgIpc) is 3.01. The van der Waals surface area contributed by atoms with Gasteiger partial charge in [-0.25, -0.2) is 9.37 Å². The van der Waals surface area contributed by atoms with E-state index in [4.69, 9.17) is 0 Å². The maximum atomic E-state index is 13.3. The van der Waals surface area contributed by atoms with Crippen LogP contribution in [0.15, 0.2) is 42.5 Å². The average molecular weight is 357 g/mol. The van der Waals surface area contributed by atoms with Crippen molar-refractivity contribution in [2.24, 2.45) is 0 Å². The fourth-order valence-electron chi connectivity index (χ4n) is 2.30. The fourth-order valence-corrected chi connectivity index (χ4v) is 3.30. The molecule has 128 valence electrons. The van der Waals surface area contributed by atoms with Gasteiger partial charge in [-0.05, 0) is 30.3 Å². The Kier molecular flexibility index (Phi) is 5.04. The molecule has 1 aromatic heterocycles. The van der Waals surface area contributed by atoms with Crippen molar-refractivity contribution in [1.29, 1.82) is 0 Å². The number of carbonyl (C=O) groups excluding carboxylic acids is 2. The second-order valence-corrected chi connectivity index (χ2v) is 6.48. The first kappa shape index (κ1) is 17.0. The number of carbonyl (C=O) groups is 2. The molecule has 2 amide bonds. The summed E-state index contributed by atoms with van der Waals surface area (Å²) in [4.78, 5) is 27.3. The lowest BCUT2D eigenvalue weighted by Crippen LogP contribution is -2.33. The van der Waals surface area contributed by atoms with E-state index >= 15 is 0 Å². The Morgan fingerprint density at radius 3 is 2.52 bits per heavy atom. The Balaban J connectivity index is 1.68. The summed E-state index contributed by atoms with van der Waals surface area (Å²) in [6, 6.07) is 11.6. The van der Waals surface area contributed by atoms with Gasteiger partial charge in [-0.15, -0.1) is 11.3 Å². The molecule has 5 nitrogen and oxygen atoms in total. The van der Waals surface area contributed by atoms with E-state index in [1.165, 1.54) is 30.4 Å². The lowest BCUT2D eigenvalue weighted by Gasteiger charge is -2.06. The van der Waals surface area contributed by atoms with Gasteiger partial charge in [0.1, 0.15) is 10.8 Å². The van der Waals surface area contributed by atoms with Gasteiger partial charge in [0.25, 0.3) is 5.91 Å². The summed E-state index contributed by atoms with van der Waals surface area (Å²) in [5, 5.41) is 6.12. The van der Waals surface area contributed by atoms with E-state index in [1.807, 2.05) is 12.1 Å². The third-order valence-electron chi connectivity index (χ3n) is 3.53. The molecule has 0 radical (unpaired) electrons. The Hall–Kier alpha value is -2.80. The predicted molar refractivity (Wildman–Crippen MR) is 96.0 cm³/mol. The second kappa shape index (κ2) is 7.40. The van der Waals surface area contributed by atoms with Crippen LogP contribution in [0.1, 0.15) is 17.3 Å². The third-order valence-corrected chi connectivity index (χ3v) is 4.60. The number of aromatic nitrogens is 1. The molecule has 0 fully saturated rings. The standard InChI is InChI=1S/C18H16FN3O2S/c1-11(23)20-8-9-21-17(24)12-2-4-13(5-3-12)18-22-15-7-6-14(19)10-16(15)25-18/h2-7,10H,8-9H2,1H3,(H,20,23)(H,21,24). The molecule has 7 heteroatoms. The number of hydrogen-bond acceptors (Lipinski definition) is 4. The van der Waals surface area contributed by atoms with Crippen molar-refractivity contribution in [1.82, 2.24) is 15.6 Å². The highest BCUT2D eigenvalue weighted by molar-refractivity contribution is 7.21. The maximum absolute atomic E-state index is 13.3. The molecule has 1 heterocycles. The molecule has 0 saturated heterocycles. The Labute approximate surface area is 147 Å². The van der Waals surface area contributed by atoms with Crippen LogP contribution in [0.4, 0.5) is 4.39 Å². The van der Waals surface area contributed by atoms with Gasteiger partial charge in [0.15, 0.2) is 0 Å². The van der Waals surface area contributed by atoms with Crippen molar-refractivity contribution in [2.45, 2.75) is 6.92 Å². The molecule has 0 aliphatic rings. The van der Waals surface area contributed by atoms with Crippen LogP contribution in [0.5, 0.6) is 0 Å². The van der Waals surface area contributed by atoms with Gasteiger partial charge in [0.05, 0.1) is 10.2 Å². The van der Waals surface area contributed by atoms with Crippen LogP contribution in [0.2, 0.25) is 0 Å². The molecular weight excluding hydrogens is 341 g/mol. The third kappa shape index (κ3) is 4.19. The smallest absolute Gasteiger partial charge is 0.251 e. The van der Waals surface area contributed by atoms with E-state index in [-0.39, 0.29) is 17.6 Å². The minimum atomic E-state index is -0.283. The fraction of sp³-hybridized carbons (Fsp3) is 0.167. The van der Waals surface area contributed by atoms with Crippen LogP contribution in [-0.2, 0) is 4.79 Å². The molecule has 0 aliphatic heterocycles. The largest absolute Gasteiger partial charge is 0.355 e. The summed E-state index contributed by atoms with van der Waals surface area (Å²) in [6.45, 7) is 2.18. The normalized spacial score (nSPS) is 10.6. The molecule has 2 aromatic carbocycles. The number of halogens is 1. The van der Waals surface area contributed by atoms with E-state index in [9.17, 15) is 14.0 Å². The Morgan fingerprint density at radius 2 is 1.80 bits per heavy atom. The SMILES string of the molecule is CC(=O)NCCNC(=O)c1ccc(-c2nc3ccc(F)cc3s2)cc1. The van der Waals surface area contributed by atoms with Gasteiger partial charge in [-0.1, -0.05) is 12.1 Å².